The summed E-state index contributed by atoms with van der Waals surface area (Å²) in [6.07, 6.45) is 0.505. The number of phenolic OH excluding ortho intramolecular Hbond substituents is 1. The number of aromatic amines is 1. The fourth-order valence-corrected chi connectivity index (χ4v) is 10.4. The smallest absolute Gasteiger partial charge is 0.327 e. The van der Waals surface area contributed by atoms with E-state index in [9.17, 15) is 48.9 Å². The molecule has 0 spiro atoms. The predicted molar refractivity (Wildman–Crippen MR) is 342 cm³/mol. The number of nitrogens with two attached hydrogens (primary N) is 2. The van der Waals surface area contributed by atoms with E-state index in [1.807, 2.05) is 18.2 Å². The van der Waals surface area contributed by atoms with Gasteiger partial charge < -0.3 is 74.3 Å². The molecule has 0 unspecified atom stereocenters. The second kappa shape index (κ2) is 34.7. The molecular weight excluding hydrogens is 1180 g/mol. The van der Waals surface area contributed by atoms with Gasteiger partial charge in [-0.25, -0.2) is 4.79 Å². The molecule has 23 nitrogen and oxygen atoms in total. The SMILES string of the molecule is C[C@@H](O)[C@H](NC(=O)[C@H](CCCCN)NC(=O)[C@@H](NC(=O)[C@H](Cc1ccccc1)NC(=O)[C@H](Cc1ccccc1)NC(=O)[C@H](CS)NC(=O)[C@@H](N)Cc1ccc(O)cc1)[C@@H](C)c1c[nH]c2ccccc12)C(=O)N[C@@H](Cc1ccccc1)C(=O)N[C@@H](CS)C(=O)O. The minimum atomic E-state index is -1.73. The summed E-state index contributed by atoms with van der Waals surface area (Å²) >= 11 is 8.38. The van der Waals surface area contributed by atoms with Crippen LogP contribution in [0.15, 0.2) is 146 Å². The van der Waals surface area contributed by atoms with E-state index in [1.165, 1.54) is 19.1 Å². The summed E-state index contributed by atoms with van der Waals surface area (Å²) in [6, 6.07) is 26.8. The average Bonchev–Trinajstić information content (AvgIpc) is 2.18. The number of benzene rings is 5. The number of H-pyrrole nitrogens is 1. The number of rotatable bonds is 34. The lowest BCUT2D eigenvalue weighted by Crippen LogP contribution is -2.62. The molecule has 0 aliphatic rings. The van der Waals surface area contributed by atoms with Gasteiger partial charge in [0.05, 0.1) is 12.1 Å². The number of hydrogen-bond donors (Lipinski definition) is 16. The molecule has 0 aliphatic carbocycles. The zero-order valence-corrected chi connectivity index (χ0v) is 51.1. The number of amides is 8. The fraction of sp³-hybridized carbons (Fsp3) is 0.359. The Bertz CT molecular complexity index is 3330. The molecule has 8 amide bonds. The van der Waals surface area contributed by atoms with Crippen molar-refractivity contribution < 1.29 is 58.5 Å². The Morgan fingerprint density at radius 1 is 0.472 bits per heavy atom. The van der Waals surface area contributed by atoms with E-state index in [0.717, 1.165) is 0 Å². The number of unbranched alkanes of at least 4 members (excludes halogenated alkanes) is 1. The molecule has 16 N–H and O–H groups in total. The molecule has 0 bridgehead atoms. The van der Waals surface area contributed by atoms with E-state index in [0.29, 0.717) is 45.1 Å². The molecule has 11 atom stereocenters. The first-order chi connectivity index (χ1) is 42.7. The van der Waals surface area contributed by atoms with Gasteiger partial charge >= 0.3 is 5.97 Å². The van der Waals surface area contributed by atoms with E-state index in [1.54, 1.807) is 122 Å². The summed E-state index contributed by atoms with van der Waals surface area (Å²) in [7, 11) is 0. The highest BCUT2D eigenvalue weighted by atomic mass is 32.1. The fourth-order valence-electron chi connectivity index (χ4n) is 9.90. The second-order valence-corrected chi connectivity index (χ2v) is 22.4. The highest BCUT2D eigenvalue weighted by Crippen LogP contribution is 2.28. The van der Waals surface area contributed by atoms with Crippen molar-refractivity contribution in [1.29, 1.82) is 0 Å². The third-order valence-corrected chi connectivity index (χ3v) is 15.7. The number of carbonyl (C=O) groups excluding carboxylic acids is 8. The predicted octanol–water partition coefficient (Wildman–Crippen LogP) is 1.61. The maximum atomic E-state index is 15.2. The Morgan fingerprint density at radius 2 is 0.876 bits per heavy atom. The zero-order chi connectivity index (χ0) is 64.6. The Morgan fingerprint density at radius 3 is 1.37 bits per heavy atom. The molecule has 6 aromatic rings. The summed E-state index contributed by atoms with van der Waals surface area (Å²) < 4.78 is 0. The monoisotopic (exact) mass is 1260 g/mol. The number of carbonyl (C=O) groups is 9. The molecule has 1 aromatic heterocycles. The van der Waals surface area contributed by atoms with Crippen LogP contribution in [0, 0.1) is 0 Å². The minimum absolute atomic E-state index is 0.0315. The molecule has 0 radical (unpaired) electrons. The van der Waals surface area contributed by atoms with Crippen LogP contribution >= 0.6 is 25.3 Å². The number of fused-ring (bicyclic) bond motifs is 1. The van der Waals surface area contributed by atoms with Crippen molar-refractivity contribution in [3.05, 3.63) is 174 Å². The standard InChI is InChI=1S/C64H79N11O12S2/c1-37(45-34-67-47-23-13-12-22-44(45)47)54(62(84)68-48(24-14-15-29-65)57(79)75-55(38(2)76)63(85)71-50(32-40-18-8-4-9-19-40)59(81)73-53(36-89)64(86)87)74-60(82)51(33-41-20-10-5-11-21-41)69-58(80)49(31-39-16-6-3-7-17-39)70-61(83)52(35-88)72-56(78)46(66)30-42-25-27-43(77)28-26-42/h3-13,16-23,25-28,34,37-38,46,48-55,67,76-77,88-89H,14-15,24,29-33,35-36,65-66H2,1-2H3,(H,68,84)(H,69,80)(H,70,83)(H,71,85)(H,72,78)(H,73,81)(H,74,82)(H,75,79)(H,86,87)/t37-,38+,46-,48-,49-,50-,51-,52-,53-,54-,55-/m0/s1. The van der Waals surface area contributed by atoms with Gasteiger partial charge in [0.2, 0.25) is 47.3 Å². The molecule has 0 saturated heterocycles. The number of aliphatic hydroxyl groups excluding tert-OH is 1. The van der Waals surface area contributed by atoms with Gasteiger partial charge in [0.15, 0.2) is 0 Å². The van der Waals surface area contributed by atoms with E-state index < -0.39 is 120 Å². The van der Waals surface area contributed by atoms with E-state index in [-0.39, 0.29) is 62.3 Å². The highest BCUT2D eigenvalue weighted by Gasteiger charge is 2.38. The number of aromatic hydroxyl groups is 1. The van der Waals surface area contributed by atoms with Gasteiger partial charge in [0.1, 0.15) is 54.1 Å². The molecule has 0 saturated carbocycles. The summed E-state index contributed by atoms with van der Waals surface area (Å²) in [5.74, 6) is -9.45. The molecule has 474 valence electrons. The van der Waals surface area contributed by atoms with Gasteiger partial charge in [-0.3, -0.25) is 38.4 Å². The first kappa shape index (κ1) is 69.4. The number of para-hydroxylation sites is 1. The number of nitrogens with one attached hydrogen (secondary N) is 9. The first-order valence-electron chi connectivity index (χ1n) is 29.2. The van der Waals surface area contributed by atoms with Gasteiger partial charge in [-0.1, -0.05) is 128 Å². The molecular formula is C64H79N11O12S2. The van der Waals surface area contributed by atoms with Crippen LogP contribution in [0.25, 0.3) is 10.9 Å². The maximum Gasteiger partial charge on any atom is 0.327 e. The maximum absolute atomic E-state index is 15.2. The van der Waals surface area contributed by atoms with E-state index >= 15 is 9.59 Å². The van der Waals surface area contributed by atoms with Crippen molar-refractivity contribution in [2.24, 2.45) is 11.5 Å². The molecule has 89 heavy (non-hydrogen) atoms. The van der Waals surface area contributed by atoms with Crippen LogP contribution in [0.1, 0.15) is 66.8 Å². The van der Waals surface area contributed by atoms with Crippen molar-refractivity contribution in [1.82, 2.24) is 47.5 Å². The van der Waals surface area contributed by atoms with Gasteiger partial charge in [0, 0.05) is 53.8 Å². The average molecular weight is 1260 g/mol. The lowest BCUT2D eigenvalue weighted by atomic mass is 9.91. The number of aliphatic hydroxyl groups is 1. The van der Waals surface area contributed by atoms with Gasteiger partial charge in [-0.15, -0.1) is 0 Å². The normalized spacial score (nSPS) is 14.9. The Labute approximate surface area is 526 Å². The van der Waals surface area contributed by atoms with Gasteiger partial charge in [-0.2, -0.15) is 25.3 Å². The molecule has 1 heterocycles. The number of thiol groups is 2. The van der Waals surface area contributed by atoms with Gasteiger partial charge in [-0.05, 0) is 85.2 Å². The molecule has 6 rings (SSSR count). The van der Waals surface area contributed by atoms with Crippen molar-refractivity contribution in [3.63, 3.8) is 0 Å². The van der Waals surface area contributed by atoms with Crippen molar-refractivity contribution in [2.45, 2.75) is 125 Å². The molecule has 0 aliphatic heterocycles. The molecule has 0 fully saturated rings. The summed E-state index contributed by atoms with van der Waals surface area (Å²) in [5.41, 5.74) is 15.9. The number of aliphatic carboxylic acids is 1. The summed E-state index contributed by atoms with van der Waals surface area (Å²) in [5, 5.41) is 52.5. The van der Waals surface area contributed by atoms with E-state index in [2.05, 4.69) is 72.8 Å². The molecule has 5 aromatic carbocycles. The number of carboxylic acid groups (broad SMARTS) is 1. The van der Waals surface area contributed by atoms with Crippen LogP contribution in [0.3, 0.4) is 0 Å². The highest BCUT2D eigenvalue weighted by molar-refractivity contribution is 7.80. The van der Waals surface area contributed by atoms with Crippen LogP contribution in [0.5, 0.6) is 5.75 Å². The number of carboxylic acids is 1. The largest absolute Gasteiger partial charge is 0.508 e. The first-order valence-corrected chi connectivity index (χ1v) is 30.4. The van der Waals surface area contributed by atoms with Crippen molar-refractivity contribution in [3.8, 4) is 5.75 Å². The lowest BCUT2D eigenvalue weighted by molar-refractivity contribution is -0.141. The second-order valence-electron chi connectivity index (χ2n) is 21.7. The minimum Gasteiger partial charge on any atom is -0.508 e. The van der Waals surface area contributed by atoms with Crippen LogP contribution in [-0.4, -0.2) is 152 Å². The Kier molecular flexibility index (Phi) is 27.0. The number of hydrogen-bond acceptors (Lipinski definition) is 15. The quantitative estimate of drug-likeness (QED) is 0.0202. The van der Waals surface area contributed by atoms with Crippen LogP contribution in [0.2, 0.25) is 0 Å². The van der Waals surface area contributed by atoms with E-state index in [4.69, 9.17) is 11.5 Å². The third kappa shape index (κ3) is 20.9. The molecule has 25 heteroatoms. The Hall–Kier alpha value is -8.75. The van der Waals surface area contributed by atoms with Crippen LogP contribution < -0.4 is 54.0 Å². The lowest BCUT2D eigenvalue weighted by Gasteiger charge is -2.30. The number of aromatic nitrogens is 1. The topological polar surface area (TPSA) is 378 Å². The Balaban J connectivity index is 1.29. The van der Waals surface area contributed by atoms with Crippen LogP contribution in [0.4, 0.5) is 0 Å². The van der Waals surface area contributed by atoms with Crippen LogP contribution in [-0.2, 0) is 68.8 Å². The van der Waals surface area contributed by atoms with Gasteiger partial charge in [0.25, 0.3) is 0 Å². The zero-order valence-electron chi connectivity index (χ0n) is 49.3. The van der Waals surface area contributed by atoms with Crippen molar-refractivity contribution in [2.75, 3.05) is 18.1 Å². The third-order valence-electron chi connectivity index (χ3n) is 14.9. The number of phenols is 1. The summed E-state index contributed by atoms with van der Waals surface area (Å²) in [6.45, 7) is 3.14. The van der Waals surface area contributed by atoms with Crippen molar-refractivity contribution >= 4 is 89.4 Å². The summed E-state index contributed by atoms with van der Waals surface area (Å²) in [4.78, 5) is 130.